The minimum absolute atomic E-state index is 0.0242. The Balaban J connectivity index is 1.49. The third-order valence-electron chi connectivity index (χ3n) is 7.89. The van der Waals surface area contributed by atoms with Crippen LogP contribution in [0.2, 0.25) is 5.02 Å². The average molecular weight is 536 g/mol. The minimum Gasteiger partial charge on any atom is -0.487 e. The number of aromatic nitrogens is 3. The van der Waals surface area contributed by atoms with Gasteiger partial charge < -0.3 is 14.5 Å². The van der Waals surface area contributed by atoms with Crippen LogP contribution in [0.1, 0.15) is 79.9 Å². The Kier molecular flexibility index (Phi) is 7.65. The molecule has 0 radical (unpaired) electrons. The zero-order valence-electron chi connectivity index (χ0n) is 21.0. The molecule has 1 aliphatic carbocycles. The Hall–Kier alpha value is -2.75. The Labute approximate surface area is 219 Å². The maximum atomic E-state index is 13.8. The van der Waals surface area contributed by atoms with Crippen molar-refractivity contribution in [1.82, 2.24) is 24.8 Å². The number of halogens is 3. The molecule has 0 bridgehead atoms. The summed E-state index contributed by atoms with van der Waals surface area (Å²) in [6.45, 7) is 1.31. The molecule has 3 aliphatic rings. The molecule has 37 heavy (non-hydrogen) atoms. The smallest absolute Gasteiger partial charge is 0.282 e. The second-order valence-electron chi connectivity index (χ2n) is 10.1. The summed E-state index contributed by atoms with van der Waals surface area (Å²) in [5.41, 5.74) is 1.39. The number of likely N-dealkylation sites (tertiary alicyclic amines) is 1. The molecular weight excluding hydrogens is 504 g/mol. The van der Waals surface area contributed by atoms with E-state index in [1.807, 2.05) is 9.80 Å². The lowest BCUT2D eigenvalue weighted by molar-refractivity contribution is -0.141. The lowest BCUT2D eigenvalue weighted by Gasteiger charge is -2.42. The van der Waals surface area contributed by atoms with Crippen LogP contribution in [0.3, 0.4) is 0 Å². The van der Waals surface area contributed by atoms with E-state index in [1.165, 1.54) is 7.05 Å². The van der Waals surface area contributed by atoms with Crippen molar-refractivity contribution in [3.63, 3.8) is 0 Å². The molecule has 1 saturated heterocycles. The summed E-state index contributed by atoms with van der Waals surface area (Å²) in [6, 6.07) is 3.02. The second-order valence-corrected chi connectivity index (χ2v) is 10.6. The maximum Gasteiger partial charge on any atom is 0.282 e. The molecular formula is C26H32ClF2N5O3. The van der Waals surface area contributed by atoms with Gasteiger partial charge in [0.25, 0.3) is 6.43 Å². The first-order chi connectivity index (χ1) is 17.8. The summed E-state index contributed by atoms with van der Waals surface area (Å²) >= 11 is 6.62. The van der Waals surface area contributed by atoms with Gasteiger partial charge in [-0.1, -0.05) is 36.1 Å². The number of amides is 2. The Morgan fingerprint density at radius 2 is 1.95 bits per heavy atom. The fourth-order valence-corrected chi connectivity index (χ4v) is 6.23. The average Bonchev–Trinajstić information content (AvgIpc) is 3.48. The van der Waals surface area contributed by atoms with Crippen molar-refractivity contribution >= 4 is 23.4 Å². The van der Waals surface area contributed by atoms with Crippen LogP contribution in [0.25, 0.3) is 0 Å². The van der Waals surface area contributed by atoms with Crippen LogP contribution in [0.4, 0.5) is 8.78 Å². The van der Waals surface area contributed by atoms with E-state index in [9.17, 15) is 18.4 Å². The third-order valence-corrected chi connectivity index (χ3v) is 8.24. The lowest BCUT2D eigenvalue weighted by Crippen LogP contribution is -2.48. The topological polar surface area (TPSA) is 80.6 Å². The number of hydrogen-bond acceptors (Lipinski definition) is 5. The van der Waals surface area contributed by atoms with Crippen LogP contribution < -0.4 is 4.74 Å². The van der Waals surface area contributed by atoms with Gasteiger partial charge in [-0.3, -0.25) is 9.59 Å². The highest BCUT2D eigenvalue weighted by molar-refractivity contribution is 6.31. The molecule has 0 spiro atoms. The third kappa shape index (κ3) is 5.17. The number of rotatable bonds is 7. The molecule has 1 atom stereocenters. The molecule has 2 aromatic rings. The summed E-state index contributed by atoms with van der Waals surface area (Å²) in [5.74, 6) is 0.622. The molecule has 0 unspecified atom stereocenters. The van der Waals surface area contributed by atoms with Gasteiger partial charge in [-0.15, -0.1) is 5.10 Å². The number of benzene rings is 1. The first-order valence-electron chi connectivity index (χ1n) is 13.0. The van der Waals surface area contributed by atoms with Gasteiger partial charge in [0.2, 0.25) is 11.8 Å². The number of alkyl halides is 2. The van der Waals surface area contributed by atoms with Crippen LogP contribution in [-0.4, -0.2) is 56.2 Å². The summed E-state index contributed by atoms with van der Waals surface area (Å²) < 4.78 is 34.3. The molecule has 1 saturated carbocycles. The maximum absolute atomic E-state index is 13.8. The Morgan fingerprint density at radius 3 is 2.65 bits per heavy atom. The molecule has 200 valence electrons. The number of carbonyl (C=O) groups is 2. The van der Waals surface area contributed by atoms with Crippen LogP contribution >= 0.6 is 11.6 Å². The van der Waals surface area contributed by atoms with Crippen LogP contribution in [0, 0.1) is 5.92 Å². The van der Waals surface area contributed by atoms with Crippen molar-refractivity contribution < 1.29 is 23.1 Å². The van der Waals surface area contributed by atoms with Gasteiger partial charge in [0.15, 0.2) is 0 Å². The van der Waals surface area contributed by atoms with Gasteiger partial charge in [-0.2, -0.15) is 0 Å². The minimum atomic E-state index is -2.74. The fourth-order valence-electron chi connectivity index (χ4n) is 5.97. The zero-order chi connectivity index (χ0) is 26.1. The van der Waals surface area contributed by atoms with E-state index in [4.69, 9.17) is 16.3 Å². The first-order valence-corrected chi connectivity index (χ1v) is 13.4. The molecule has 8 nitrogen and oxygen atoms in total. The fraction of sp³-hybridized carbons (Fsp3) is 0.615. The second kappa shape index (κ2) is 10.9. The quantitative estimate of drug-likeness (QED) is 0.517. The Morgan fingerprint density at radius 1 is 1.16 bits per heavy atom. The van der Waals surface area contributed by atoms with Gasteiger partial charge in [0, 0.05) is 49.6 Å². The Bertz CT molecular complexity index is 1170. The number of carbonyl (C=O) groups excluding carboxylic acids is 2. The molecule has 3 heterocycles. The number of fused-ring (bicyclic) bond motifs is 1. The van der Waals surface area contributed by atoms with Crippen LogP contribution in [0.5, 0.6) is 5.75 Å². The van der Waals surface area contributed by atoms with E-state index >= 15 is 0 Å². The van der Waals surface area contributed by atoms with E-state index < -0.39 is 12.5 Å². The number of hydrogen-bond donors (Lipinski definition) is 0. The normalized spacial score (nSPS) is 20.6. The van der Waals surface area contributed by atoms with Crippen LogP contribution in [-0.2, 0) is 29.7 Å². The van der Waals surface area contributed by atoms with Gasteiger partial charge in [0.1, 0.15) is 23.7 Å². The van der Waals surface area contributed by atoms with Crippen molar-refractivity contribution in [2.75, 3.05) is 19.6 Å². The molecule has 0 N–H and O–H groups in total. The largest absolute Gasteiger partial charge is 0.487 e. The molecule has 5 rings (SSSR count). The SMILES string of the molecule is Cn1nnc(COc2ccc(Cl)c3c2[C@@H](CN2CCCC2=O)N(C(=O)C2CCCCC2)CC3)c1C(F)F. The zero-order valence-corrected chi connectivity index (χ0v) is 21.7. The molecule has 1 aromatic carbocycles. The summed E-state index contributed by atoms with van der Waals surface area (Å²) in [4.78, 5) is 30.1. The number of ether oxygens (including phenoxy) is 1. The van der Waals surface area contributed by atoms with Gasteiger partial charge in [-0.25, -0.2) is 13.5 Å². The van der Waals surface area contributed by atoms with E-state index in [0.717, 1.165) is 54.3 Å². The highest BCUT2D eigenvalue weighted by Gasteiger charge is 2.39. The molecule has 11 heteroatoms. The first kappa shape index (κ1) is 25.9. The van der Waals surface area contributed by atoms with E-state index in [-0.39, 0.29) is 35.7 Å². The van der Waals surface area contributed by atoms with E-state index in [0.29, 0.717) is 43.2 Å². The monoisotopic (exact) mass is 535 g/mol. The van der Waals surface area contributed by atoms with Crippen molar-refractivity contribution in [3.05, 3.63) is 39.7 Å². The molecule has 2 aliphatic heterocycles. The molecule has 1 aromatic heterocycles. The van der Waals surface area contributed by atoms with Gasteiger partial charge >= 0.3 is 0 Å². The lowest BCUT2D eigenvalue weighted by atomic mass is 9.85. The number of aryl methyl sites for hydroxylation is 1. The van der Waals surface area contributed by atoms with Gasteiger partial charge in [0.05, 0.1) is 6.04 Å². The summed E-state index contributed by atoms with van der Waals surface area (Å²) in [5, 5.41) is 8.15. The highest BCUT2D eigenvalue weighted by atomic mass is 35.5. The van der Waals surface area contributed by atoms with E-state index in [1.54, 1.807) is 12.1 Å². The predicted octanol–water partition coefficient (Wildman–Crippen LogP) is 4.61. The molecule has 2 fully saturated rings. The van der Waals surface area contributed by atoms with Crippen molar-refractivity contribution in [2.45, 2.75) is 70.4 Å². The summed E-state index contributed by atoms with van der Waals surface area (Å²) in [6.07, 6.45) is 4.09. The predicted molar refractivity (Wildman–Crippen MR) is 132 cm³/mol. The summed E-state index contributed by atoms with van der Waals surface area (Å²) in [7, 11) is 1.42. The van der Waals surface area contributed by atoms with Crippen LogP contribution in [0.15, 0.2) is 12.1 Å². The van der Waals surface area contributed by atoms with E-state index in [2.05, 4.69) is 10.3 Å². The van der Waals surface area contributed by atoms with Crippen molar-refractivity contribution in [2.24, 2.45) is 13.0 Å². The highest BCUT2D eigenvalue weighted by Crippen LogP contribution is 2.42. The standard InChI is InChI=1S/C26H32ClF2N5O3/c1-32-24(25(28)29)19(30-31-32)15-37-21-10-9-18(27)17-11-13-34(26(36)16-6-3-2-4-7-16)20(23(17)21)14-33-12-5-8-22(33)35/h9-10,16,20,25H,2-8,11-15H2,1H3/t20-/m1/s1. The number of nitrogens with zero attached hydrogens (tertiary/aromatic N) is 5. The van der Waals surface area contributed by atoms with Gasteiger partial charge in [-0.05, 0) is 43.4 Å². The van der Waals surface area contributed by atoms with Crippen molar-refractivity contribution in [3.8, 4) is 5.75 Å². The van der Waals surface area contributed by atoms with Crippen molar-refractivity contribution in [1.29, 1.82) is 0 Å². The molecule has 2 amide bonds.